The number of rotatable bonds is 7. The normalized spacial score (nSPS) is 20.3. The molecule has 0 aliphatic carbocycles. The van der Waals surface area contributed by atoms with E-state index >= 15 is 0 Å². The minimum Gasteiger partial charge on any atom is -0.395 e. The minimum absolute atomic E-state index is 0.0508. The van der Waals surface area contributed by atoms with Crippen LogP contribution in [-0.2, 0) is 4.79 Å². The molecule has 0 spiro atoms. The molecule has 1 aromatic rings. The van der Waals surface area contributed by atoms with E-state index in [0.29, 0.717) is 12.5 Å². The second-order valence-corrected chi connectivity index (χ2v) is 6.61. The molecule has 22 heavy (non-hydrogen) atoms. The third kappa shape index (κ3) is 4.82. The maximum atomic E-state index is 12.4. The summed E-state index contributed by atoms with van der Waals surface area (Å²) in [6.07, 6.45) is 2.98. The Bertz CT molecular complexity index is 461. The first kappa shape index (κ1) is 17.0. The van der Waals surface area contributed by atoms with Crippen molar-refractivity contribution in [2.24, 2.45) is 5.92 Å². The topological polar surface area (TPSA) is 52.6 Å². The highest BCUT2D eigenvalue weighted by Gasteiger charge is 2.26. The van der Waals surface area contributed by atoms with Gasteiger partial charge >= 0.3 is 0 Å². The van der Waals surface area contributed by atoms with Crippen molar-refractivity contribution in [1.29, 1.82) is 0 Å². The lowest BCUT2D eigenvalue weighted by Crippen LogP contribution is -2.42. The number of carbonyl (C=O) groups excluding carboxylic acids is 1. The molecule has 2 N–H and O–H groups in total. The molecule has 1 saturated heterocycles. The van der Waals surface area contributed by atoms with Crippen molar-refractivity contribution < 1.29 is 9.90 Å². The van der Waals surface area contributed by atoms with E-state index in [4.69, 9.17) is 0 Å². The van der Waals surface area contributed by atoms with E-state index < -0.39 is 0 Å². The smallest absolute Gasteiger partial charge is 0.234 e. The van der Waals surface area contributed by atoms with Gasteiger partial charge in [0.05, 0.1) is 19.2 Å². The first-order valence-corrected chi connectivity index (χ1v) is 8.29. The maximum absolute atomic E-state index is 12.4. The summed E-state index contributed by atoms with van der Waals surface area (Å²) in [4.78, 5) is 14.5. The average Bonchev–Trinajstić information content (AvgIpc) is 2.94. The molecule has 122 valence electrons. The van der Waals surface area contributed by atoms with Crippen molar-refractivity contribution >= 4 is 5.91 Å². The lowest BCUT2D eigenvalue weighted by Gasteiger charge is -2.25. The Kier molecular flexibility index (Phi) is 6.40. The zero-order valence-electron chi connectivity index (χ0n) is 13.7. The molecule has 2 rings (SSSR count). The number of amides is 1. The highest BCUT2D eigenvalue weighted by molar-refractivity contribution is 5.78. The van der Waals surface area contributed by atoms with Crippen LogP contribution in [-0.4, -0.2) is 41.7 Å². The largest absolute Gasteiger partial charge is 0.395 e. The summed E-state index contributed by atoms with van der Waals surface area (Å²) in [6.45, 7) is 5.77. The van der Waals surface area contributed by atoms with E-state index in [1.165, 1.54) is 0 Å². The molecule has 4 heteroatoms. The fourth-order valence-corrected chi connectivity index (χ4v) is 3.17. The molecule has 0 radical (unpaired) electrons. The standard InChI is InChI=1S/C18H28N2O2/c1-14(2)11-17(15-7-4-3-5-8-15)19-18(22)12-20-10-6-9-16(20)13-21/h3-5,7-8,14,16-17,21H,6,9-13H2,1-2H3,(H,19,22)/t16-,17?/m1/s1. The van der Waals surface area contributed by atoms with Gasteiger partial charge in [0.25, 0.3) is 0 Å². The SMILES string of the molecule is CC(C)CC(NC(=O)CN1CCC[C@@H]1CO)c1ccccc1. The molecule has 2 atom stereocenters. The molecule has 1 heterocycles. The second-order valence-electron chi connectivity index (χ2n) is 6.61. The highest BCUT2D eigenvalue weighted by Crippen LogP contribution is 2.21. The summed E-state index contributed by atoms with van der Waals surface area (Å²) in [5, 5.41) is 12.5. The zero-order valence-corrected chi connectivity index (χ0v) is 13.7. The lowest BCUT2D eigenvalue weighted by atomic mass is 9.97. The van der Waals surface area contributed by atoms with Crippen molar-refractivity contribution in [2.45, 2.75) is 45.2 Å². The Labute approximate surface area is 133 Å². The molecular formula is C18H28N2O2. The number of likely N-dealkylation sites (tertiary alicyclic amines) is 1. The number of hydrogen-bond acceptors (Lipinski definition) is 3. The molecule has 1 aromatic carbocycles. The third-order valence-electron chi connectivity index (χ3n) is 4.30. The molecule has 1 fully saturated rings. The van der Waals surface area contributed by atoms with Crippen LogP contribution in [0.2, 0.25) is 0 Å². The predicted octanol–water partition coefficient (Wildman–Crippen LogP) is 2.35. The Balaban J connectivity index is 1.96. The van der Waals surface area contributed by atoms with E-state index in [2.05, 4.69) is 36.2 Å². The van der Waals surface area contributed by atoms with Gasteiger partial charge in [0.1, 0.15) is 0 Å². The Morgan fingerprint density at radius 3 is 2.73 bits per heavy atom. The summed E-state index contributed by atoms with van der Waals surface area (Å²) in [6, 6.07) is 10.4. The van der Waals surface area contributed by atoms with Crippen molar-refractivity contribution in [3.63, 3.8) is 0 Å². The Hall–Kier alpha value is -1.39. The van der Waals surface area contributed by atoms with Gasteiger partial charge in [0.15, 0.2) is 0 Å². The van der Waals surface area contributed by atoms with Crippen LogP contribution < -0.4 is 5.32 Å². The third-order valence-corrected chi connectivity index (χ3v) is 4.30. The number of aliphatic hydroxyl groups is 1. The zero-order chi connectivity index (χ0) is 15.9. The summed E-state index contributed by atoms with van der Waals surface area (Å²) in [5.74, 6) is 0.567. The van der Waals surface area contributed by atoms with Gasteiger partial charge in [-0.25, -0.2) is 0 Å². The van der Waals surface area contributed by atoms with Gasteiger partial charge < -0.3 is 10.4 Å². The van der Waals surface area contributed by atoms with Gasteiger partial charge in [-0.05, 0) is 37.3 Å². The molecule has 4 nitrogen and oxygen atoms in total. The van der Waals surface area contributed by atoms with Gasteiger partial charge in [-0.1, -0.05) is 44.2 Å². The summed E-state index contributed by atoms with van der Waals surface area (Å²) < 4.78 is 0. The number of benzene rings is 1. The van der Waals surface area contributed by atoms with Crippen molar-refractivity contribution in [2.75, 3.05) is 19.7 Å². The number of nitrogens with one attached hydrogen (secondary N) is 1. The monoisotopic (exact) mass is 304 g/mol. The molecule has 1 aliphatic heterocycles. The average molecular weight is 304 g/mol. The van der Waals surface area contributed by atoms with Crippen molar-refractivity contribution in [3.8, 4) is 0 Å². The van der Waals surface area contributed by atoms with Crippen molar-refractivity contribution in [1.82, 2.24) is 10.2 Å². The quantitative estimate of drug-likeness (QED) is 0.813. The molecule has 0 bridgehead atoms. The molecule has 1 unspecified atom stereocenters. The van der Waals surface area contributed by atoms with E-state index in [-0.39, 0.29) is 24.6 Å². The second kappa shape index (κ2) is 8.30. The molecule has 1 aliphatic rings. The lowest BCUT2D eigenvalue weighted by molar-refractivity contribution is -0.123. The Morgan fingerprint density at radius 1 is 1.36 bits per heavy atom. The number of aliphatic hydroxyl groups excluding tert-OH is 1. The van der Waals surface area contributed by atoms with Crippen LogP contribution >= 0.6 is 0 Å². The van der Waals surface area contributed by atoms with Crippen LogP contribution in [0, 0.1) is 5.92 Å². The van der Waals surface area contributed by atoms with Crippen LogP contribution in [0.3, 0.4) is 0 Å². The summed E-state index contributed by atoms with van der Waals surface area (Å²) in [5.41, 5.74) is 1.16. The number of carbonyl (C=O) groups is 1. The summed E-state index contributed by atoms with van der Waals surface area (Å²) in [7, 11) is 0. The van der Waals surface area contributed by atoms with E-state index in [1.807, 2.05) is 18.2 Å². The van der Waals surface area contributed by atoms with Crippen molar-refractivity contribution in [3.05, 3.63) is 35.9 Å². The molecule has 0 saturated carbocycles. The summed E-state index contributed by atoms with van der Waals surface area (Å²) >= 11 is 0. The fraction of sp³-hybridized carbons (Fsp3) is 0.611. The van der Waals surface area contributed by atoms with E-state index in [1.54, 1.807) is 0 Å². The first-order valence-electron chi connectivity index (χ1n) is 8.29. The van der Waals surface area contributed by atoms with Gasteiger partial charge in [-0.2, -0.15) is 0 Å². The first-order chi connectivity index (χ1) is 10.6. The molecular weight excluding hydrogens is 276 g/mol. The minimum atomic E-state index is 0.0508. The maximum Gasteiger partial charge on any atom is 0.234 e. The van der Waals surface area contributed by atoms with E-state index in [0.717, 1.165) is 31.4 Å². The Morgan fingerprint density at radius 2 is 2.09 bits per heavy atom. The van der Waals surface area contributed by atoms with Crippen LogP contribution in [0.5, 0.6) is 0 Å². The van der Waals surface area contributed by atoms with Crippen LogP contribution in [0.1, 0.15) is 44.7 Å². The number of nitrogens with zero attached hydrogens (tertiary/aromatic N) is 1. The fourth-order valence-electron chi connectivity index (χ4n) is 3.17. The van der Waals surface area contributed by atoms with Gasteiger partial charge in [-0.3, -0.25) is 9.69 Å². The van der Waals surface area contributed by atoms with E-state index in [9.17, 15) is 9.90 Å². The molecule has 0 aromatic heterocycles. The van der Waals surface area contributed by atoms with Crippen LogP contribution in [0.4, 0.5) is 0 Å². The highest BCUT2D eigenvalue weighted by atomic mass is 16.3. The van der Waals surface area contributed by atoms with Gasteiger partial charge in [0.2, 0.25) is 5.91 Å². The van der Waals surface area contributed by atoms with Gasteiger partial charge in [-0.15, -0.1) is 0 Å². The van der Waals surface area contributed by atoms with Gasteiger partial charge in [0, 0.05) is 6.04 Å². The molecule has 1 amide bonds. The van der Waals surface area contributed by atoms with Crippen LogP contribution in [0.15, 0.2) is 30.3 Å². The number of hydrogen-bond donors (Lipinski definition) is 2. The van der Waals surface area contributed by atoms with Crippen LogP contribution in [0.25, 0.3) is 0 Å². The predicted molar refractivity (Wildman–Crippen MR) is 88.5 cm³/mol.